The predicted molar refractivity (Wildman–Crippen MR) is 43.1 cm³/mol. The first-order valence-corrected chi connectivity index (χ1v) is 3.79. The first-order valence-electron chi connectivity index (χ1n) is 3.79. The Balaban J connectivity index is 3.02. The number of hydrogen-bond acceptors (Lipinski definition) is 2. The van der Waals surface area contributed by atoms with Crippen LogP contribution in [-0.2, 0) is 12.1 Å². The second-order valence-electron chi connectivity index (χ2n) is 3.10. The number of hydrogen-bond donors (Lipinski definition) is 1. The monoisotopic (exact) mass is 154 g/mol. The van der Waals surface area contributed by atoms with E-state index >= 15 is 0 Å². The third-order valence-electron chi connectivity index (χ3n) is 1.60. The topological polar surface area (TPSA) is 38.0 Å². The summed E-state index contributed by atoms with van der Waals surface area (Å²) in [6, 6.07) is 0. The average molecular weight is 154 g/mol. The molecule has 0 spiro atoms. The van der Waals surface area contributed by atoms with Crippen LogP contribution in [0.5, 0.6) is 0 Å². The maximum absolute atomic E-state index is 9.61. The minimum absolute atomic E-state index is 0.722. The Morgan fingerprint density at radius 2 is 2.27 bits per heavy atom. The summed E-state index contributed by atoms with van der Waals surface area (Å²) in [5, 5.41) is 9.61. The van der Waals surface area contributed by atoms with E-state index in [2.05, 4.69) is 4.98 Å². The Morgan fingerprint density at radius 1 is 1.64 bits per heavy atom. The highest BCUT2D eigenvalue weighted by molar-refractivity contribution is 5.00. The molecule has 0 amide bonds. The Hall–Kier alpha value is -0.830. The van der Waals surface area contributed by atoms with Crippen molar-refractivity contribution < 1.29 is 5.11 Å². The third kappa shape index (κ3) is 1.60. The van der Waals surface area contributed by atoms with Crippen molar-refractivity contribution in [3.05, 3.63) is 18.2 Å². The van der Waals surface area contributed by atoms with Crippen molar-refractivity contribution in [2.24, 2.45) is 0 Å². The van der Waals surface area contributed by atoms with Gasteiger partial charge < -0.3 is 9.67 Å². The van der Waals surface area contributed by atoms with E-state index in [-0.39, 0.29) is 0 Å². The van der Waals surface area contributed by atoms with E-state index in [4.69, 9.17) is 0 Å². The van der Waals surface area contributed by atoms with E-state index in [0.717, 1.165) is 12.4 Å². The Labute approximate surface area is 66.7 Å². The lowest BCUT2D eigenvalue weighted by Gasteiger charge is -2.17. The minimum atomic E-state index is -0.834. The van der Waals surface area contributed by atoms with Crippen LogP contribution in [0, 0.1) is 0 Å². The Kier molecular flexibility index (Phi) is 2.00. The fraction of sp³-hybridized carbons (Fsp3) is 0.625. The number of aryl methyl sites for hydroxylation is 1. The summed E-state index contributed by atoms with van der Waals surface area (Å²) in [5.74, 6) is 0.722. The number of imidazole rings is 1. The third-order valence-corrected chi connectivity index (χ3v) is 1.60. The molecule has 0 aliphatic heterocycles. The quantitative estimate of drug-likeness (QED) is 0.693. The van der Waals surface area contributed by atoms with Crippen molar-refractivity contribution in [2.75, 3.05) is 0 Å². The van der Waals surface area contributed by atoms with Crippen LogP contribution in [0.2, 0.25) is 0 Å². The molecule has 1 heterocycles. The summed E-state index contributed by atoms with van der Waals surface area (Å²) in [6.07, 6.45) is 3.57. The molecule has 1 N–H and O–H groups in total. The van der Waals surface area contributed by atoms with Gasteiger partial charge in [-0.05, 0) is 20.8 Å². The average Bonchev–Trinajstić information content (AvgIpc) is 2.31. The molecular weight excluding hydrogens is 140 g/mol. The first-order chi connectivity index (χ1) is 5.05. The molecule has 0 radical (unpaired) electrons. The number of nitrogens with zero attached hydrogens (tertiary/aromatic N) is 2. The molecule has 1 aromatic rings. The molecule has 0 saturated carbocycles. The van der Waals surface area contributed by atoms with Gasteiger partial charge in [-0.25, -0.2) is 4.98 Å². The molecule has 62 valence electrons. The van der Waals surface area contributed by atoms with Gasteiger partial charge in [0, 0.05) is 18.9 Å². The summed E-state index contributed by atoms with van der Waals surface area (Å²) in [4.78, 5) is 4.07. The van der Waals surface area contributed by atoms with Crippen molar-refractivity contribution in [1.82, 2.24) is 9.55 Å². The van der Waals surface area contributed by atoms with Crippen LogP contribution in [0.3, 0.4) is 0 Å². The zero-order valence-corrected chi connectivity index (χ0v) is 7.20. The zero-order chi connectivity index (χ0) is 8.48. The predicted octanol–water partition coefficient (Wildman–Crippen LogP) is 1.13. The molecule has 0 aliphatic rings. The molecule has 0 bridgehead atoms. The normalized spacial score (nSPS) is 12.0. The van der Waals surface area contributed by atoms with Crippen molar-refractivity contribution in [1.29, 1.82) is 0 Å². The van der Waals surface area contributed by atoms with Crippen molar-refractivity contribution in [2.45, 2.75) is 32.9 Å². The fourth-order valence-corrected chi connectivity index (χ4v) is 1.09. The van der Waals surface area contributed by atoms with Gasteiger partial charge in [0.2, 0.25) is 0 Å². The van der Waals surface area contributed by atoms with E-state index in [1.54, 1.807) is 20.0 Å². The smallest absolute Gasteiger partial charge is 0.140 e. The molecule has 0 saturated heterocycles. The summed E-state index contributed by atoms with van der Waals surface area (Å²) >= 11 is 0. The molecule has 0 unspecified atom stereocenters. The SMILES string of the molecule is CCn1ccnc1C(C)(C)O. The molecule has 0 aromatic carbocycles. The highest BCUT2D eigenvalue weighted by Gasteiger charge is 2.20. The van der Waals surface area contributed by atoms with Gasteiger partial charge in [-0.2, -0.15) is 0 Å². The van der Waals surface area contributed by atoms with Crippen molar-refractivity contribution in [3.63, 3.8) is 0 Å². The molecule has 3 nitrogen and oxygen atoms in total. The highest BCUT2D eigenvalue weighted by Crippen LogP contribution is 2.16. The number of aliphatic hydroxyl groups is 1. The van der Waals surface area contributed by atoms with Gasteiger partial charge in [0.05, 0.1) is 0 Å². The van der Waals surface area contributed by atoms with Crippen LogP contribution >= 0.6 is 0 Å². The van der Waals surface area contributed by atoms with E-state index in [1.807, 2.05) is 17.7 Å². The summed E-state index contributed by atoms with van der Waals surface area (Å²) in [5.41, 5.74) is -0.834. The lowest BCUT2D eigenvalue weighted by atomic mass is 10.1. The zero-order valence-electron chi connectivity index (χ0n) is 7.20. The largest absolute Gasteiger partial charge is 0.383 e. The van der Waals surface area contributed by atoms with E-state index in [0.29, 0.717) is 0 Å². The van der Waals surface area contributed by atoms with E-state index in [9.17, 15) is 5.11 Å². The van der Waals surface area contributed by atoms with Crippen LogP contribution in [0.1, 0.15) is 26.6 Å². The van der Waals surface area contributed by atoms with Gasteiger partial charge >= 0.3 is 0 Å². The van der Waals surface area contributed by atoms with Gasteiger partial charge in [-0.1, -0.05) is 0 Å². The van der Waals surface area contributed by atoms with Crippen molar-refractivity contribution in [3.8, 4) is 0 Å². The van der Waals surface area contributed by atoms with Crippen LogP contribution in [-0.4, -0.2) is 14.7 Å². The van der Waals surface area contributed by atoms with Gasteiger partial charge in [0.25, 0.3) is 0 Å². The Morgan fingerprint density at radius 3 is 2.64 bits per heavy atom. The van der Waals surface area contributed by atoms with Crippen LogP contribution in [0.4, 0.5) is 0 Å². The molecule has 11 heavy (non-hydrogen) atoms. The van der Waals surface area contributed by atoms with Gasteiger partial charge in [0.1, 0.15) is 11.4 Å². The number of aromatic nitrogens is 2. The second-order valence-corrected chi connectivity index (χ2v) is 3.10. The second kappa shape index (κ2) is 2.66. The molecule has 0 atom stereocenters. The molecule has 1 rings (SSSR count). The molecule has 1 aromatic heterocycles. The van der Waals surface area contributed by atoms with Gasteiger partial charge in [0.15, 0.2) is 0 Å². The van der Waals surface area contributed by atoms with Crippen molar-refractivity contribution >= 4 is 0 Å². The molecule has 0 fully saturated rings. The molecule has 0 aliphatic carbocycles. The molecular formula is C8H14N2O. The van der Waals surface area contributed by atoms with Gasteiger partial charge in [-0.15, -0.1) is 0 Å². The summed E-state index contributed by atoms with van der Waals surface area (Å²) in [7, 11) is 0. The van der Waals surface area contributed by atoms with Gasteiger partial charge in [-0.3, -0.25) is 0 Å². The van der Waals surface area contributed by atoms with Crippen LogP contribution in [0.15, 0.2) is 12.4 Å². The maximum atomic E-state index is 9.61. The fourth-order valence-electron chi connectivity index (χ4n) is 1.09. The van der Waals surface area contributed by atoms with Crippen LogP contribution in [0.25, 0.3) is 0 Å². The van der Waals surface area contributed by atoms with E-state index < -0.39 is 5.60 Å². The Bertz CT molecular complexity index is 234. The maximum Gasteiger partial charge on any atom is 0.140 e. The summed E-state index contributed by atoms with van der Waals surface area (Å²) < 4.78 is 1.93. The first kappa shape index (κ1) is 8.27. The standard InChI is InChI=1S/C8H14N2O/c1-4-10-6-5-9-7(10)8(2,3)11/h5-6,11H,4H2,1-3H3. The molecule has 3 heteroatoms. The summed E-state index contributed by atoms with van der Waals surface area (Å²) in [6.45, 7) is 6.35. The highest BCUT2D eigenvalue weighted by atomic mass is 16.3. The van der Waals surface area contributed by atoms with E-state index in [1.165, 1.54) is 0 Å². The lowest BCUT2D eigenvalue weighted by Crippen LogP contribution is -2.21. The lowest BCUT2D eigenvalue weighted by molar-refractivity contribution is 0.0649. The number of rotatable bonds is 2. The van der Waals surface area contributed by atoms with Crippen LogP contribution < -0.4 is 0 Å². The minimum Gasteiger partial charge on any atom is -0.383 e.